The van der Waals surface area contributed by atoms with E-state index in [4.69, 9.17) is 0 Å². The first-order chi connectivity index (χ1) is 11.8. The highest BCUT2D eigenvalue weighted by atomic mass is 16.3. The Labute approximate surface area is 154 Å². The minimum atomic E-state index is -0.663. The van der Waals surface area contributed by atoms with Crippen LogP contribution in [-0.4, -0.2) is 55.4 Å². The smallest absolute Gasteiger partial charge is 0.0768 e. The second kappa shape index (κ2) is 9.02. The number of hydrogen-bond donors (Lipinski definition) is 2. The predicted molar refractivity (Wildman–Crippen MR) is 107 cm³/mol. The lowest BCUT2D eigenvalue weighted by Gasteiger charge is -2.37. The van der Waals surface area contributed by atoms with E-state index >= 15 is 0 Å². The van der Waals surface area contributed by atoms with Crippen LogP contribution in [0.25, 0.3) is 0 Å². The lowest BCUT2D eigenvalue weighted by molar-refractivity contribution is 0.00535. The maximum absolute atomic E-state index is 10.6. The summed E-state index contributed by atoms with van der Waals surface area (Å²) in [5.41, 5.74) is 1.96. The van der Waals surface area contributed by atoms with Gasteiger partial charge in [0.15, 0.2) is 0 Å². The molecule has 4 nitrogen and oxygen atoms in total. The summed E-state index contributed by atoms with van der Waals surface area (Å²) in [6.07, 6.45) is 3.43. The Morgan fingerprint density at radius 1 is 1.32 bits per heavy atom. The van der Waals surface area contributed by atoms with E-state index in [1.54, 1.807) is 0 Å². The van der Waals surface area contributed by atoms with Crippen molar-refractivity contribution < 1.29 is 5.11 Å². The van der Waals surface area contributed by atoms with E-state index in [1.807, 2.05) is 6.92 Å². The molecule has 1 heterocycles. The van der Waals surface area contributed by atoms with Crippen molar-refractivity contribution in [2.24, 2.45) is 5.92 Å². The molecule has 1 aliphatic heterocycles. The summed E-state index contributed by atoms with van der Waals surface area (Å²) >= 11 is 0. The van der Waals surface area contributed by atoms with Gasteiger partial charge >= 0.3 is 0 Å². The SMILES string of the molecule is CCC(C)C(C)(O)CNCc1ccccc1N(C)C1CCN(C)CC1. The fourth-order valence-electron chi connectivity index (χ4n) is 3.65. The third-order valence-corrected chi connectivity index (χ3v) is 6.08. The Hall–Kier alpha value is -1.10. The Morgan fingerprint density at radius 3 is 2.60 bits per heavy atom. The number of para-hydroxylation sites is 1. The van der Waals surface area contributed by atoms with Gasteiger partial charge in [0.05, 0.1) is 5.60 Å². The molecule has 1 aromatic rings. The average Bonchev–Trinajstić information content (AvgIpc) is 2.61. The molecule has 142 valence electrons. The summed E-state index contributed by atoms with van der Waals surface area (Å²) in [6, 6.07) is 9.27. The number of rotatable bonds is 8. The van der Waals surface area contributed by atoms with Crippen LogP contribution in [0.5, 0.6) is 0 Å². The molecule has 2 rings (SSSR count). The average molecular weight is 348 g/mol. The van der Waals surface area contributed by atoms with Crippen LogP contribution in [0.3, 0.4) is 0 Å². The van der Waals surface area contributed by atoms with Crippen LogP contribution in [-0.2, 0) is 6.54 Å². The highest BCUT2D eigenvalue weighted by Crippen LogP contribution is 2.26. The van der Waals surface area contributed by atoms with Crippen molar-refractivity contribution in [3.8, 4) is 0 Å². The Kier molecular flexibility index (Phi) is 7.29. The molecule has 0 saturated carbocycles. The minimum absolute atomic E-state index is 0.289. The van der Waals surface area contributed by atoms with Crippen LogP contribution < -0.4 is 10.2 Å². The maximum Gasteiger partial charge on any atom is 0.0768 e. The van der Waals surface area contributed by atoms with E-state index in [0.717, 1.165) is 13.0 Å². The van der Waals surface area contributed by atoms with Gasteiger partial charge in [-0.25, -0.2) is 0 Å². The molecule has 0 aliphatic carbocycles. The molecule has 0 bridgehead atoms. The monoisotopic (exact) mass is 347 g/mol. The number of anilines is 1. The van der Waals surface area contributed by atoms with Crippen molar-refractivity contribution in [1.29, 1.82) is 0 Å². The number of likely N-dealkylation sites (tertiary alicyclic amines) is 1. The summed E-state index contributed by atoms with van der Waals surface area (Å²) in [6.45, 7) is 9.94. The zero-order valence-corrected chi connectivity index (χ0v) is 16.8. The molecular weight excluding hydrogens is 310 g/mol. The van der Waals surface area contributed by atoms with Gasteiger partial charge in [-0.3, -0.25) is 0 Å². The van der Waals surface area contributed by atoms with E-state index in [9.17, 15) is 5.11 Å². The number of piperidine rings is 1. The first-order valence-electron chi connectivity index (χ1n) is 9.77. The van der Waals surface area contributed by atoms with Gasteiger partial charge in [0.1, 0.15) is 0 Å². The molecule has 1 fully saturated rings. The molecule has 0 amide bonds. The molecule has 1 aromatic carbocycles. The summed E-state index contributed by atoms with van der Waals surface area (Å²) in [7, 11) is 4.43. The molecule has 4 heteroatoms. The van der Waals surface area contributed by atoms with Crippen molar-refractivity contribution in [3.05, 3.63) is 29.8 Å². The largest absolute Gasteiger partial charge is 0.389 e. The number of aliphatic hydroxyl groups is 1. The van der Waals surface area contributed by atoms with Gasteiger partial charge in [0, 0.05) is 31.9 Å². The first kappa shape index (κ1) is 20.2. The second-order valence-corrected chi connectivity index (χ2v) is 8.04. The van der Waals surface area contributed by atoms with Gasteiger partial charge < -0.3 is 20.2 Å². The number of nitrogens with one attached hydrogen (secondary N) is 1. The third kappa shape index (κ3) is 5.44. The molecule has 2 unspecified atom stereocenters. The van der Waals surface area contributed by atoms with Crippen LogP contribution in [0.4, 0.5) is 5.69 Å². The van der Waals surface area contributed by atoms with Gasteiger partial charge in [-0.2, -0.15) is 0 Å². The highest BCUT2D eigenvalue weighted by molar-refractivity contribution is 5.54. The molecule has 0 aromatic heterocycles. The predicted octanol–water partition coefficient (Wildman–Crippen LogP) is 3.10. The Morgan fingerprint density at radius 2 is 1.96 bits per heavy atom. The Balaban J connectivity index is 1.98. The molecule has 0 radical (unpaired) electrons. The van der Waals surface area contributed by atoms with Gasteiger partial charge in [-0.05, 0) is 57.5 Å². The summed E-state index contributed by atoms with van der Waals surface area (Å²) in [4.78, 5) is 4.87. The van der Waals surface area contributed by atoms with Crippen LogP contribution in [0.2, 0.25) is 0 Å². The molecule has 1 aliphatic rings. The van der Waals surface area contributed by atoms with E-state index in [-0.39, 0.29) is 5.92 Å². The zero-order valence-electron chi connectivity index (χ0n) is 16.8. The number of hydrogen-bond acceptors (Lipinski definition) is 4. The van der Waals surface area contributed by atoms with Crippen LogP contribution >= 0.6 is 0 Å². The van der Waals surface area contributed by atoms with Crippen molar-refractivity contribution in [1.82, 2.24) is 10.2 Å². The standard InChI is InChI=1S/C21H37N3O/c1-6-17(2)21(3,25)16-22-15-18-9-7-8-10-20(18)24(5)19-11-13-23(4)14-12-19/h7-10,17,19,22,25H,6,11-16H2,1-5H3. The highest BCUT2D eigenvalue weighted by Gasteiger charge is 2.27. The van der Waals surface area contributed by atoms with Crippen LogP contribution in [0.15, 0.2) is 24.3 Å². The van der Waals surface area contributed by atoms with E-state index < -0.39 is 5.60 Å². The second-order valence-electron chi connectivity index (χ2n) is 8.04. The topological polar surface area (TPSA) is 38.7 Å². The maximum atomic E-state index is 10.6. The summed E-state index contributed by atoms with van der Waals surface area (Å²) in [5.74, 6) is 0.289. The van der Waals surface area contributed by atoms with Crippen molar-refractivity contribution in [2.75, 3.05) is 38.6 Å². The van der Waals surface area contributed by atoms with Crippen LogP contribution in [0.1, 0.15) is 45.6 Å². The van der Waals surface area contributed by atoms with E-state index in [2.05, 4.69) is 67.3 Å². The number of nitrogens with zero attached hydrogens (tertiary/aromatic N) is 2. The minimum Gasteiger partial charge on any atom is -0.389 e. The van der Waals surface area contributed by atoms with Crippen molar-refractivity contribution in [2.45, 2.75) is 58.2 Å². The van der Waals surface area contributed by atoms with Gasteiger partial charge in [-0.15, -0.1) is 0 Å². The lowest BCUT2D eigenvalue weighted by Crippen LogP contribution is -2.43. The summed E-state index contributed by atoms with van der Waals surface area (Å²) < 4.78 is 0. The van der Waals surface area contributed by atoms with Crippen molar-refractivity contribution >= 4 is 5.69 Å². The Bertz CT molecular complexity index is 524. The number of benzene rings is 1. The van der Waals surface area contributed by atoms with Gasteiger partial charge in [0.25, 0.3) is 0 Å². The molecule has 2 N–H and O–H groups in total. The molecule has 25 heavy (non-hydrogen) atoms. The summed E-state index contributed by atoms with van der Waals surface area (Å²) in [5, 5.41) is 14.1. The fraction of sp³-hybridized carbons (Fsp3) is 0.714. The zero-order chi connectivity index (χ0) is 18.4. The molecular formula is C21H37N3O. The van der Waals surface area contributed by atoms with Crippen molar-refractivity contribution in [3.63, 3.8) is 0 Å². The lowest BCUT2D eigenvalue weighted by atomic mass is 9.88. The van der Waals surface area contributed by atoms with E-state index in [0.29, 0.717) is 12.6 Å². The molecule has 2 atom stereocenters. The molecule has 1 saturated heterocycles. The van der Waals surface area contributed by atoms with Crippen LogP contribution in [0, 0.1) is 5.92 Å². The van der Waals surface area contributed by atoms with Gasteiger partial charge in [-0.1, -0.05) is 38.5 Å². The fourth-order valence-corrected chi connectivity index (χ4v) is 3.65. The van der Waals surface area contributed by atoms with E-state index in [1.165, 1.54) is 37.2 Å². The van der Waals surface area contributed by atoms with Gasteiger partial charge in [0.2, 0.25) is 0 Å². The molecule has 0 spiro atoms. The quantitative estimate of drug-likeness (QED) is 0.758. The first-order valence-corrected chi connectivity index (χ1v) is 9.77. The third-order valence-electron chi connectivity index (χ3n) is 6.08. The normalized spacial score (nSPS) is 20.2.